The molecule has 0 bridgehead atoms. The average molecular weight is 330 g/mol. The summed E-state index contributed by atoms with van der Waals surface area (Å²) in [5.74, 6) is -1.55. The first-order valence-corrected chi connectivity index (χ1v) is 6.82. The summed E-state index contributed by atoms with van der Waals surface area (Å²) < 4.78 is 6.76. The zero-order valence-electron chi connectivity index (χ0n) is 12.7. The number of aliphatic hydroxyl groups excluding tert-OH is 3. The molecule has 0 spiro atoms. The number of hydrogen-bond acceptors (Lipinski definition) is 7. The Kier molecular flexibility index (Phi) is 4.44. The normalized spacial score (nSPS) is 31.1. The van der Waals surface area contributed by atoms with Crippen molar-refractivity contribution in [3.63, 3.8) is 0 Å². The Bertz CT molecular complexity index is 752. The second-order valence-corrected chi connectivity index (χ2v) is 5.51. The van der Waals surface area contributed by atoms with E-state index in [1.54, 1.807) is 0 Å². The van der Waals surface area contributed by atoms with Gasteiger partial charge in [-0.25, -0.2) is 9.59 Å². The van der Waals surface area contributed by atoms with Crippen molar-refractivity contribution in [1.82, 2.24) is 9.13 Å². The fourth-order valence-corrected chi connectivity index (χ4v) is 2.68. The Balaban J connectivity index is 2.75. The van der Waals surface area contributed by atoms with Crippen LogP contribution in [0.1, 0.15) is 29.1 Å². The van der Waals surface area contributed by atoms with E-state index in [9.17, 15) is 34.8 Å². The fraction of sp³-hybridized carbons (Fsp3) is 0.615. The molecule has 5 atom stereocenters. The van der Waals surface area contributed by atoms with Crippen molar-refractivity contribution in [3.05, 3.63) is 32.1 Å². The number of aliphatic hydroxyl groups is 3. The molecule has 1 fully saturated rings. The van der Waals surface area contributed by atoms with Gasteiger partial charge < -0.3 is 25.2 Å². The van der Waals surface area contributed by atoms with Gasteiger partial charge in [0.25, 0.3) is 5.56 Å². The number of hydrogen-bond donors (Lipinski definition) is 4. The van der Waals surface area contributed by atoms with E-state index in [0.717, 1.165) is 11.6 Å². The molecule has 0 aromatic carbocycles. The molecule has 1 aliphatic heterocycles. The zero-order chi connectivity index (χ0) is 17.6. The number of nitrogens with zero attached hydrogens (tertiary/aromatic N) is 2. The number of rotatable bonds is 2. The van der Waals surface area contributed by atoms with Gasteiger partial charge in [-0.15, -0.1) is 0 Å². The first-order valence-electron chi connectivity index (χ1n) is 6.82. The van der Waals surface area contributed by atoms with E-state index in [0.29, 0.717) is 4.57 Å². The topological polar surface area (TPSA) is 151 Å². The third kappa shape index (κ3) is 2.59. The van der Waals surface area contributed by atoms with Crippen LogP contribution in [0.2, 0.25) is 0 Å². The smallest absolute Gasteiger partial charge is 0.353 e. The summed E-state index contributed by atoms with van der Waals surface area (Å²) in [6.45, 7) is 1.40. The summed E-state index contributed by atoms with van der Waals surface area (Å²) in [5, 5.41) is 39.0. The van der Waals surface area contributed by atoms with Crippen molar-refractivity contribution >= 4 is 5.97 Å². The van der Waals surface area contributed by atoms with Crippen LogP contribution in [0.3, 0.4) is 0 Å². The van der Waals surface area contributed by atoms with Crippen molar-refractivity contribution in [1.29, 1.82) is 0 Å². The molecule has 0 amide bonds. The number of carboxylic acid groups (broad SMARTS) is 1. The quantitative estimate of drug-likeness (QED) is 0.458. The Hall–Kier alpha value is -2.01. The van der Waals surface area contributed by atoms with Crippen LogP contribution in [-0.2, 0) is 18.8 Å². The van der Waals surface area contributed by atoms with Crippen molar-refractivity contribution < 1.29 is 30.0 Å². The van der Waals surface area contributed by atoms with Crippen LogP contribution < -0.4 is 11.2 Å². The SMILES string of the molecule is C[C@H]1O[C@@H](c2c(C(=O)O)n(C)c(=O)n(C)c2=O)[C@H](O)[C@@H](O)[C@H]1O. The third-order valence-electron chi connectivity index (χ3n) is 4.04. The van der Waals surface area contributed by atoms with Crippen LogP contribution in [0.4, 0.5) is 0 Å². The highest BCUT2D eigenvalue weighted by atomic mass is 16.5. The number of aromatic nitrogens is 2. The van der Waals surface area contributed by atoms with Gasteiger partial charge in [0.05, 0.1) is 11.7 Å². The molecule has 10 heteroatoms. The van der Waals surface area contributed by atoms with Gasteiger partial charge in [-0.3, -0.25) is 13.9 Å². The molecule has 0 radical (unpaired) electrons. The molecule has 0 unspecified atom stereocenters. The molecule has 0 aliphatic carbocycles. The van der Waals surface area contributed by atoms with E-state index < -0.39 is 59.0 Å². The molecule has 128 valence electrons. The minimum Gasteiger partial charge on any atom is -0.477 e. The first kappa shape index (κ1) is 17.3. The lowest BCUT2D eigenvalue weighted by Gasteiger charge is -2.39. The van der Waals surface area contributed by atoms with Crippen LogP contribution in [0.15, 0.2) is 9.59 Å². The predicted molar refractivity (Wildman–Crippen MR) is 75.2 cm³/mol. The van der Waals surface area contributed by atoms with E-state index in [1.165, 1.54) is 14.0 Å². The van der Waals surface area contributed by atoms with Crippen LogP contribution in [0.25, 0.3) is 0 Å². The van der Waals surface area contributed by atoms with E-state index in [1.807, 2.05) is 0 Å². The molecule has 1 aromatic rings. The standard InChI is InChI=1S/C13H18N2O8/c1-4-7(16)8(17)9(18)10(23-4)5-6(12(20)21)14(2)13(22)15(3)11(5)19/h4,7-10,16-18H,1-3H3,(H,20,21)/t4-,7+,8+,9-,10+/m1/s1. The highest BCUT2D eigenvalue weighted by molar-refractivity contribution is 5.87. The Morgan fingerprint density at radius 3 is 2.13 bits per heavy atom. The molecule has 23 heavy (non-hydrogen) atoms. The second-order valence-electron chi connectivity index (χ2n) is 5.51. The van der Waals surface area contributed by atoms with Gasteiger partial charge in [-0.2, -0.15) is 0 Å². The van der Waals surface area contributed by atoms with Crippen molar-refractivity contribution in [2.45, 2.75) is 37.4 Å². The summed E-state index contributed by atoms with van der Waals surface area (Å²) in [5.41, 5.74) is -2.91. The zero-order valence-corrected chi connectivity index (χ0v) is 12.7. The van der Waals surface area contributed by atoms with Gasteiger partial charge >= 0.3 is 11.7 Å². The molecule has 2 rings (SSSR count). The molecule has 1 saturated heterocycles. The lowest BCUT2D eigenvalue weighted by Crippen LogP contribution is -2.55. The van der Waals surface area contributed by atoms with Crippen molar-refractivity contribution in [2.24, 2.45) is 14.1 Å². The Labute approximate surface area is 129 Å². The lowest BCUT2D eigenvalue weighted by atomic mass is 9.91. The molecular weight excluding hydrogens is 312 g/mol. The largest absolute Gasteiger partial charge is 0.477 e. The molecule has 1 aromatic heterocycles. The van der Waals surface area contributed by atoms with E-state index in [-0.39, 0.29) is 0 Å². The lowest BCUT2D eigenvalue weighted by molar-refractivity contribution is -0.220. The maximum atomic E-state index is 12.4. The summed E-state index contributed by atoms with van der Waals surface area (Å²) in [4.78, 5) is 35.7. The van der Waals surface area contributed by atoms with Gasteiger partial charge in [-0.1, -0.05) is 0 Å². The van der Waals surface area contributed by atoms with Crippen LogP contribution in [0.5, 0.6) is 0 Å². The molecule has 10 nitrogen and oxygen atoms in total. The van der Waals surface area contributed by atoms with Crippen molar-refractivity contribution in [2.75, 3.05) is 0 Å². The van der Waals surface area contributed by atoms with Gasteiger partial charge in [0.1, 0.15) is 30.1 Å². The third-order valence-corrected chi connectivity index (χ3v) is 4.04. The van der Waals surface area contributed by atoms with E-state index in [2.05, 4.69) is 0 Å². The van der Waals surface area contributed by atoms with Crippen molar-refractivity contribution in [3.8, 4) is 0 Å². The monoisotopic (exact) mass is 330 g/mol. The Morgan fingerprint density at radius 2 is 1.61 bits per heavy atom. The average Bonchev–Trinajstić information content (AvgIpc) is 2.50. The minimum atomic E-state index is -1.73. The molecule has 1 aliphatic rings. The fourth-order valence-electron chi connectivity index (χ4n) is 2.68. The summed E-state index contributed by atoms with van der Waals surface area (Å²) in [7, 11) is 2.32. The highest BCUT2D eigenvalue weighted by Gasteiger charge is 2.45. The van der Waals surface area contributed by atoms with Crippen LogP contribution in [-0.4, -0.2) is 59.9 Å². The van der Waals surface area contributed by atoms with Crippen LogP contribution >= 0.6 is 0 Å². The number of ether oxygens (including phenoxy) is 1. The predicted octanol–water partition coefficient (Wildman–Crippen LogP) is -2.68. The van der Waals surface area contributed by atoms with Gasteiger partial charge in [0.15, 0.2) is 0 Å². The highest BCUT2D eigenvalue weighted by Crippen LogP contribution is 2.31. The van der Waals surface area contributed by atoms with Gasteiger partial charge in [-0.05, 0) is 6.92 Å². The second kappa shape index (κ2) is 5.89. The van der Waals surface area contributed by atoms with E-state index in [4.69, 9.17) is 4.74 Å². The molecule has 0 saturated carbocycles. The summed E-state index contributed by atoms with van der Waals surface area (Å²) >= 11 is 0. The maximum absolute atomic E-state index is 12.4. The van der Waals surface area contributed by atoms with Crippen LogP contribution in [0, 0.1) is 0 Å². The molecule has 4 N–H and O–H groups in total. The first-order chi connectivity index (χ1) is 10.6. The number of carboxylic acids is 1. The summed E-state index contributed by atoms with van der Waals surface area (Å²) in [6, 6.07) is 0. The number of aromatic carboxylic acids is 1. The molecular formula is C13H18N2O8. The molecule has 2 heterocycles. The minimum absolute atomic E-state index is 0.465. The number of carbonyl (C=O) groups is 1. The maximum Gasteiger partial charge on any atom is 0.353 e. The van der Waals surface area contributed by atoms with Gasteiger partial charge in [0.2, 0.25) is 0 Å². The van der Waals surface area contributed by atoms with E-state index >= 15 is 0 Å². The Morgan fingerprint density at radius 1 is 1.04 bits per heavy atom. The summed E-state index contributed by atoms with van der Waals surface area (Å²) in [6.07, 6.45) is -7.22. The van der Waals surface area contributed by atoms with Gasteiger partial charge in [0, 0.05) is 14.1 Å².